The van der Waals surface area contributed by atoms with Crippen molar-refractivity contribution in [2.75, 3.05) is 14.2 Å². The van der Waals surface area contributed by atoms with Crippen LogP contribution in [0.1, 0.15) is 0 Å². The number of methoxy groups -OCH3 is 2. The van der Waals surface area contributed by atoms with Gasteiger partial charge in [0.05, 0.1) is 25.3 Å². The summed E-state index contributed by atoms with van der Waals surface area (Å²) >= 11 is 0. The lowest BCUT2D eigenvalue weighted by molar-refractivity contribution is 0.353. The normalized spacial score (nSPS) is 11.5. The van der Waals surface area contributed by atoms with E-state index in [1.54, 1.807) is 28.8 Å². The molecule has 0 fully saturated rings. The predicted molar refractivity (Wildman–Crippen MR) is 82.4 cm³/mol. The first-order chi connectivity index (χ1) is 10.7. The van der Waals surface area contributed by atoms with Gasteiger partial charge in [-0.1, -0.05) is 0 Å². The molecule has 22 heavy (non-hydrogen) atoms. The van der Waals surface area contributed by atoms with Gasteiger partial charge in [0.25, 0.3) is 0 Å². The van der Waals surface area contributed by atoms with Gasteiger partial charge in [-0.05, 0) is 24.3 Å². The van der Waals surface area contributed by atoms with E-state index in [4.69, 9.17) is 9.47 Å². The van der Waals surface area contributed by atoms with Gasteiger partial charge in [0.2, 0.25) is 5.75 Å². The molecule has 0 unspecified atom stereocenters. The molecule has 3 aromatic heterocycles. The van der Waals surface area contributed by atoms with Crippen molar-refractivity contribution in [3.8, 4) is 17.2 Å². The highest BCUT2D eigenvalue weighted by atomic mass is 16.5. The molecular formula is C16H12N2O4. The second-order valence-electron chi connectivity index (χ2n) is 4.96. The number of phenols is 1. The zero-order valence-electron chi connectivity index (χ0n) is 12.0. The molecule has 1 N–H and O–H groups in total. The van der Waals surface area contributed by atoms with E-state index in [2.05, 4.69) is 4.98 Å². The summed E-state index contributed by atoms with van der Waals surface area (Å²) in [5.41, 5.74) is 1.58. The summed E-state index contributed by atoms with van der Waals surface area (Å²) < 4.78 is 12.1. The average Bonchev–Trinajstić information content (AvgIpc) is 2.85. The van der Waals surface area contributed by atoms with Crippen LogP contribution in [0.25, 0.3) is 27.3 Å². The highest BCUT2D eigenvalue weighted by Gasteiger charge is 2.22. The van der Waals surface area contributed by atoms with E-state index in [0.717, 1.165) is 10.8 Å². The Morgan fingerprint density at radius 1 is 1.09 bits per heavy atom. The lowest BCUT2D eigenvalue weighted by atomic mass is 10.1. The van der Waals surface area contributed by atoms with Gasteiger partial charge in [-0.3, -0.25) is 14.2 Å². The number of benzene rings is 1. The van der Waals surface area contributed by atoms with Crippen molar-refractivity contribution in [1.82, 2.24) is 9.38 Å². The minimum Gasteiger partial charge on any atom is -0.508 e. The number of rotatable bonds is 2. The summed E-state index contributed by atoms with van der Waals surface area (Å²) in [6.45, 7) is 0. The van der Waals surface area contributed by atoms with Gasteiger partial charge >= 0.3 is 5.56 Å². The topological polar surface area (TPSA) is 73.1 Å². The lowest BCUT2D eigenvalue weighted by Crippen LogP contribution is -2.16. The summed E-state index contributed by atoms with van der Waals surface area (Å²) in [6.07, 6.45) is 1.65. The van der Waals surface area contributed by atoms with Crippen LogP contribution in [0.3, 0.4) is 0 Å². The standard InChI is InChI=1S/C16H12N2O4/c1-21-14-12-13-9(5-6-17-12)10-7-8(19)3-4-11(10)18(13)16(20)15(14)22-2/h3-7,19H,1-2H3. The van der Waals surface area contributed by atoms with Crippen LogP contribution in [0.2, 0.25) is 0 Å². The molecule has 0 amide bonds. The lowest BCUT2D eigenvalue weighted by Gasteiger charge is -2.10. The fourth-order valence-electron chi connectivity index (χ4n) is 3.01. The zero-order chi connectivity index (χ0) is 15.4. The van der Waals surface area contributed by atoms with E-state index >= 15 is 0 Å². The van der Waals surface area contributed by atoms with Gasteiger partial charge in [0, 0.05) is 17.0 Å². The SMILES string of the molecule is COc1c(OC)c2nccc3c4cc(O)ccc4n(c1=O)c23. The molecule has 0 radical (unpaired) electrons. The minimum atomic E-state index is -0.314. The first-order valence-corrected chi connectivity index (χ1v) is 6.67. The van der Waals surface area contributed by atoms with Crippen molar-refractivity contribution in [2.45, 2.75) is 0 Å². The van der Waals surface area contributed by atoms with Gasteiger partial charge < -0.3 is 14.6 Å². The van der Waals surface area contributed by atoms with Crippen molar-refractivity contribution in [1.29, 1.82) is 0 Å². The van der Waals surface area contributed by atoms with Crippen molar-refractivity contribution in [3.05, 3.63) is 40.8 Å². The van der Waals surface area contributed by atoms with E-state index in [1.807, 2.05) is 6.07 Å². The van der Waals surface area contributed by atoms with E-state index < -0.39 is 0 Å². The summed E-state index contributed by atoms with van der Waals surface area (Å²) in [7, 11) is 2.90. The highest BCUT2D eigenvalue weighted by Crippen LogP contribution is 2.38. The first-order valence-electron chi connectivity index (χ1n) is 6.67. The summed E-state index contributed by atoms with van der Waals surface area (Å²) in [5, 5.41) is 11.4. The maximum Gasteiger partial charge on any atom is 0.302 e. The van der Waals surface area contributed by atoms with E-state index in [0.29, 0.717) is 22.3 Å². The van der Waals surface area contributed by atoms with E-state index in [-0.39, 0.29) is 17.1 Å². The summed E-state index contributed by atoms with van der Waals surface area (Å²) in [6, 6.07) is 6.70. The predicted octanol–water partition coefficient (Wildman–Crippen LogP) is 2.16. The van der Waals surface area contributed by atoms with E-state index in [9.17, 15) is 9.90 Å². The number of hydrogen-bond donors (Lipinski definition) is 1. The maximum atomic E-state index is 12.8. The third kappa shape index (κ3) is 1.38. The van der Waals surface area contributed by atoms with Crippen LogP contribution >= 0.6 is 0 Å². The Hall–Kier alpha value is -3.02. The summed E-state index contributed by atoms with van der Waals surface area (Å²) in [4.78, 5) is 17.1. The zero-order valence-corrected chi connectivity index (χ0v) is 12.0. The third-order valence-electron chi connectivity index (χ3n) is 3.89. The fraction of sp³-hybridized carbons (Fsp3) is 0.125. The second kappa shape index (κ2) is 4.24. The van der Waals surface area contributed by atoms with Crippen LogP contribution in [-0.2, 0) is 0 Å². The van der Waals surface area contributed by atoms with Crippen LogP contribution in [0, 0.1) is 0 Å². The van der Waals surface area contributed by atoms with Crippen molar-refractivity contribution in [2.24, 2.45) is 0 Å². The Balaban J connectivity index is 2.42. The molecule has 4 aromatic rings. The number of hydrogen-bond acceptors (Lipinski definition) is 5. The maximum absolute atomic E-state index is 12.8. The molecule has 0 aliphatic rings. The number of fused-ring (bicyclic) bond motifs is 3. The van der Waals surface area contributed by atoms with Crippen LogP contribution in [0.5, 0.6) is 17.2 Å². The highest BCUT2D eigenvalue weighted by molar-refractivity contribution is 6.14. The van der Waals surface area contributed by atoms with E-state index in [1.165, 1.54) is 14.2 Å². The van der Waals surface area contributed by atoms with Crippen molar-refractivity contribution in [3.63, 3.8) is 0 Å². The molecule has 0 aliphatic carbocycles. The quantitative estimate of drug-likeness (QED) is 0.613. The van der Waals surface area contributed by atoms with Crippen LogP contribution < -0.4 is 15.0 Å². The van der Waals surface area contributed by atoms with Gasteiger partial charge in [0.15, 0.2) is 5.75 Å². The van der Waals surface area contributed by atoms with Crippen molar-refractivity contribution < 1.29 is 14.6 Å². The molecule has 0 bridgehead atoms. The third-order valence-corrected chi connectivity index (χ3v) is 3.89. The molecule has 0 aliphatic heterocycles. The molecule has 0 saturated heterocycles. The van der Waals surface area contributed by atoms with Crippen LogP contribution in [-0.4, -0.2) is 28.7 Å². The molecule has 6 heteroatoms. The minimum absolute atomic E-state index is 0.112. The molecule has 6 nitrogen and oxygen atoms in total. The number of ether oxygens (including phenoxy) is 2. The second-order valence-corrected chi connectivity index (χ2v) is 4.96. The first kappa shape index (κ1) is 12.7. The Bertz CT molecular complexity index is 1080. The Morgan fingerprint density at radius 3 is 2.59 bits per heavy atom. The Morgan fingerprint density at radius 2 is 1.86 bits per heavy atom. The molecule has 0 saturated carbocycles. The molecule has 4 rings (SSSR count). The van der Waals surface area contributed by atoms with Crippen molar-refractivity contribution >= 4 is 27.3 Å². The molecule has 0 atom stereocenters. The van der Waals surface area contributed by atoms with Crippen LogP contribution in [0.4, 0.5) is 0 Å². The molecular weight excluding hydrogens is 284 g/mol. The van der Waals surface area contributed by atoms with Gasteiger partial charge in [-0.15, -0.1) is 0 Å². The molecule has 3 heterocycles. The van der Waals surface area contributed by atoms with Crippen LogP contribution in [0.15, 0.2) is 35.3 Å². The Kier molecular flexibility index (Phi) is 2.45. The van der Waals surface area contributed by atoms with Gasteiger partial charge in [-0.25, -0.2) is 0 Å². The monoisotopic (exact) mass is 296 g/mol. The fourth-order valence-corrected chi connectivity index (χ4v) is 3.01. The molecule has 110 valence electrons. The molecule has 0 spiro atoms. The largest absolute Gasteiger partial charge is 0.508 e. The number of phenolic OH excluding ortho intramolecular Hbond substituents is 1. The number of aromatic nitrogens is 2. The van der Waals surface area contributed by atoms with Gasteiger partial charge in [-0.2, -0.15) is 0 Å². The summed E-state index contributed by atoms with van der Waals surface area (Å²) in [5.74, 6) is 0.571. The average molecular weight is 296 g/mol. The number of nitrogens with zero attached hydrogens (tertiary/aromatic N) is 2. The molecule has 1 aromatic carbocycles. The number of pyridine rings is 2. The number of aromatic hydroxyl groups is 1. The van der Waals surface area contributed by atoms with Gasteiger partial charge in [0.1, 0.15) is 11.3 Å². The Labute approximate surface area is 124 Å². The smallest absolute Gasteiger partial charge is 0.302 e.